The van der Waals surface area contributed by atoms with Crippen LogP contribution in [0.3, 0.4) is 0 Å². The molecule has 0 aliphatic carbocycles. The fourth-order valence-corrected chi connectivity index (χ4v) is 3.48. The van der Waals surface area contributed by atoms with Gasteiger partial charge in [-0.15, -0.1) is 0 Å². The van der Waals surface area contributed by atoms with Gasteiger partial charge in [0.15, 0.2) is 0 Å². The number of anilines is 1. The summed E-state index contributed by atoms with van der Waals surface area (Å²) >= 11 is 6.31. The fraction of sp³-hybridized carbons (Fsp3) is 0.292. The minimum absolute atomic E-state index is 0.134. The SMILES string of the molecule is CCN(CC)C(=O)c1ccc(NC(=O)c2ccc(OCc3c(C)noc3C)cc2)cc1Cl. The van der Waals surface area contributed by atoms with Crippen molar-refractivity contribution < 1.29 is 18.8 Å². The summed E-state index contributed by atoms with van der Waals surface area (Å²) in [5.74, 6) is 0.928. The summed E-state index contributed by atoms with van der Waals surface area (Å²) in [5.41, 5.74) is 3.09. The van der Waals surface area contributed by atoms with Crippen molar-refractivity contribution in [2.24, 2.45) is 0 Å². The van der Waals surface area contributed by atoms with E-state index in [1.54, 1.807) is 47.4 Å². The van der Waals surface area contributed by atoms with Crippen molar-refractivity contribution in [3.63, 3.8) is 0 Å². The van der Waals surface area contributed by atoms with E-state index in [0.717, 1.165) is 17.0 Å². The first-order valence-electron chi connectivity index (χ1n) is 10.4. The lowest BCUT2D eigenvalue weighted by Crippen LogP contribution is -2.30. The van der Waals surface area contributed by atoms with Crippen LogP contribution >= 0.6 is 11.6 Å². The molecule has 0 spiro atoms. The van der Waals surface area contributed by atoms with E-state index < -0.39 is 0 Å². The van der Waals surface area contributed by atoms with Gasteiger partial charge >= 0.3 is 0 Å². The van der Waals surface area contributed by atoms with Crippen LogP contribution in [0.2, 0.25) is 5.02 Å². The number of aryl methyl sites for hydroxylation is 2. The number of amides is 2. The number of hydrogen-bond donors (Lipinski definition) is 1. The van der Waals surface area contributed by atoms with Crippen molar-refractivity contribution >= 4 is 29.1 Å². The molecule has 168 valence electrons. The summed E-state index contributed by atoms with van der Waals surface area (Å²) < 4.78 is 10.9. The Bertz CT molecular complexity index is 1090. The molecule has 0 atom stereocenters. The normalized spacial score (nSPS) is 10.7. The molecule has 0 radical (unpaired) electrons. The lowest BCUT2D eigenvalue weighted by molar-refractivity contribution is 0.0773. The summed E-state index contributed by atoms with van der Waals surface area (Å²) in [4.78, 5) is 26.8. The van der Waals surface area contributed by atoms with E-state index in [9.17, 15) is 9.59 Å². The lowest BCUT2D eigenvalue weighted by atomic mass is 10.1. The Kier molecular flexibility index (Phi) is 7.53. The van der Waals surface area contributed by atoms with Gasteiger partial charge in [-0.25, -0.2) is 0 Å². The number of carbonyl (C=O) groups is 2. The Hall–Kier alpha value is -3.32. The van der Waals surface area contributed by atoms with Crippen LogP contribution < -0.4 is 10.1 Å². The zero-order chi connectivity index (χ0) is 23.3. The second-order valence-electron chi connectivity index (χ2n) is 7.24. The molecule has 1 N–H and O–H groups in total. The molecular formula is C24H26ClN3O4. The smallest absolute Gasteiger partial charge is 0.255 e. The number of nitrogens with one attached hydrogen (secondary N) is 1. The molecule has 1 aromatic heterocycles. The zero-order valence-corrected chi connectivity index (χ0v) is 19.3. The van der Waals surface area contributed by atoms with Crippen molar-refractivity contribution in [2.45, 2.75) is 34.3 Å². The highest BCUT2D eigenvalue weighted by Crippen LogP contribution is 2.24. The van der Waals surface area contributed by atoms with Crippen LogP contribution in [-0.4, -0.2) is 35.0 Å². The Morgan fingerprint density at radius 3 is 2.34 bits per heavy atom. The quantitative estimate of drug-likeness (QED) is 0.501. The van der Waals surface area contributed by atoms with Gasteiger partial charge in [0.25, 0.3) is 11.8 Å². The maximum absolute atomic E-state index is 12.6. The largest absolute Gasteiger partial charge is 0.489 e. The average Bonchev–Trinajstić information content (AvgIpc) is 3.10. The molecular weight excluding hydrogens is 430 g/mol. The van der Waals surface area contributed by atoms with Crippen molar-refractivity contribution in [3.05, 3.63) is 75.6 Å². The highest BCUT2D eigenvalue weighted by Gasteiger charge is 2.17. The van der Waals surface area contributed by atoms with E-state index in [0.29, 0.717) is 47.3 Å². The predicted octanol–water partition coefficient (Wildman–Crippen LogP) is 5.26. The molecule has 3 rings (SSSR count). The first kappa shape index (κ1) is 23.3. The van der Waals surface area contributed by atoms with Gasteiger partial charge in [-0.1, -0.05) is 16.8 Å². The molecule has 32 heavy (non-hydrogen) atoms. The van der Waals surface area contributed by atoms with Gasteiger partial charge < -0.3 is 19.5 Å². The third-order valence-electron chi connectivity index (χ3n) is 5.19. The zero-order valence-electron chi connectivity index (χ0n) is 18.6. The van der Waals surface area contributed by atoms with Gasteiger partial charge in [-0.05, 0) is 70.2 Å². The second-order valence-corrected chi connectivity index (χ2v) is 7.65. The molecule has 0 saturated heterocycles. The minimum Gasteiger partial charge on any atom is -0.489 e. The van der Waals surface area contributed by atoms with Crippen molar-refractivity contribution in [1.29, 1.82) is 0 Å². The van der Waals surface area contributed by atoms with Crippen LogP contribution in [0.5, 0.6) is 5.75 Å². The minimum atomic E-state index is -0.291. The third-order valence-corrected chi connectivity index (χ3v) is 5.50. The van der Waals surface area contributed by atoms with Gasteiger partial charge in [0, 0.05) is 24.3 Å². The van der Waals surface area contributed by atoms with Gasteiger partial charge in [0.05, 0.1) is 21.8 Å². The van der Waals surface area contributed by atoms with Crippen molar-refractivity contribution in [1.82, 2.24) is 10.1 Å². The Balaban J connectivity index is 1.63. The van der Waals surface area contributed by atoms with Crippen LogP contribution in [0, 0.1) is 13.8 Å². The summed E-state index contributed by atoms with van der Waals surface area (Å²) in [6.07, 6.45) is 0. The summed E-state index contributed by atoms with van der Waals surface area (Å²) in [7, 11) is 0. The molecule has 3 aromatic rings. The molecule has 0 aliphatic rings. The number of benzene rings is 2. The maximum Gasteiger partial charge on any atom is 0.255 e. The highest BCUT2D eigenvalue weighted by atomic mass is 35.5. The van der Waals surface area contributed by atoms with E-state index in [-0.39, 0.29) is 11.8 Å². The number of carbonyl (C=O) groups excluding carboxylic acids is 2. The van der Waals surface area contributed by atoms with Gasteiger partial charge in [-0.3, -0.25) is 9.59 Å². The molecule has 7 nitrogen and oxygen atoms in total. The first-order valence-corrected chi connectivity index (χ1v) is 10.8. The number of aromatic nitrogens is 1. The third kappa shape index (κ3) is 5.29. The second kappa shape index (κ2) is 10.3. The van der Waals surface area contributed by atoms with Crippen LogP contribution in [0.15, 0.2) is 47.0 Å². The predicted molar refractivity (Wildman–Crippen MR) is 123 cm³/mol. The lowest BCUT2D eigenvalue weighted by Gasteiger charge is -2.19. The van der Waals surface area contributed by atoms with Gasteiger partial charge in [-0.2, -0.15) is 0 Å². The Morgan fingerprint density at radius 2 is 1.78 bits per heavy atom. The fourth-order valence-electron chi connectivity index (χ4n) is 3.22. The number of halogens is 1. The van der Waals surface area contributed by atoms with E-state index in [4.69, 9.17) is 20.9 Å². The van der Waals surface area contributed by atoms with Gasteiger partial charge in [0.2, 0.25) is 0 Å². The highest BCUT2D eigenvalue weighted by molar-refractivity contribution is 6.34. The van der Waals surface area contributed by atoms with Crippen LogP contribution in [0.4, 0.5) is 5.69 Å². The van der Waals surface area contributed by atoms with E-state index >= 15 is 0 Å². The van der Waals surface area contributed by atoms with Crippen LogP contribution in [-0.2, 0) is 6.61 Å². The van der Waals surface area contributed by atoms with Crippen LogP contribution in [0.25, 0.3) is 0 Å². The van der Waals surface area contributed by atoms with Gasteiger partial charge in [0.1, 0.15) is 18.1 Å². The molecule has 0 aliphatic heterocycles. The van der Waals surface area contributed by atoms with E-state index in [1.807, 2.05) is 27.7 Å². The van der Waals surface area contributed by atoms with E-state index in [2.05, 4.69) is 10.5 Å². The molecule has 2 amide bonds. The summed E-state index contributed by atoms with van der Waals surface area (Å²) in [6.45, 7) is 9.06. The molecule has 0 fully saturated rings. The number of nitrogens with zero attached hydrogens (tertiary/aromatic N) is 2. The van der Waals surface area contributed by atoms with Crippen molar-refractivity contribution in [2.75, 3.05) is 18.4 Å². The van der Waals surface area contributed by atoms with E-state index in [1.165, 1.54) is 0 Å². The first-order chi connectivity index (χ1) is 15.3. The van der Waals surface area contributed by atoms with Crippen molar-refractivity contribution in [3.8, 4) is 5.75 Å². The topological polar surface area (TPSA) is 84.7 Å². The standard InChI is InChI=1S/C24H26ClN3O4/c1-5-28(6-2)24(30)20-12-9-18(13-22(20)25)26-23(29)17-7-10-19(11-8-17)31-14-21-15(3)27-32-16(21)4/h7-13H,5-6,14H2,1-4H3,(H,26,29). The summed E-state index contributed by atoms with van der Waals surface area (Å²) in [5, 5.41) is 7.00. The molecule has 0 saturated carbocycles. The Labute approximate surface area is 192 Å². The molecule has 8 heteroatoms. The number of ether oxygens (including phenoxy) is 1. The molecule has 0 bridgehead atoms. The summed E-state index contributed by atoms with van der Waals surface area (Å²) in [6, 6.07) is 11.7. The average molecular weight is 456 g/mol. The Morgan fingerprint density at radius 1 is 1.09 bits per heavy atom. The molecule has 0 unspecified atom stereocenters. The maximum atomic E-state index is 12.6. The number of hydrogen-bond acceptors (Lipinski definition) is 5. The van der Waals surface area contributed by atoms with Crippen LogP contribution in [0.1, 0.15) is 51.6 Å². The molecule has 2 aromatic carbocycles. The molecule has 1 heterocycles. The number of rotatable bonds is 8. The monoisotopic (exact) mass is 455 g/mol.